The SMILES string of the molecule is Cc1cc(C)c2oc3c(-c4ccccc4)nc4ccccc4c3c2c1. The normalized spacial score (nSPS) is 11.6. The highest BCUT2D eigenvalue weighted by Crippen LogP contribution is 2.40. The third-order valence-corrected chi connectivity index (χ3v) is 4.79. The molecule has 2 nitrogen and oxygen atoms in total. The van der Waals surface area contributed by atoms with Gasteiger partial charge < -0.3 is 4.42 Å². The number of nitrogens with zero attached hydrogens (tertiary/aromatic N) is 1. The number of benzene rings is 3. The van der Waals surface area contributed by atoms with E-state index in [4.69, 9.17) is 9.40 Å². The van der Waals surface area contributed by atoms with Crippen LogP contribution in [0.3, 0.4) is 0 Å². The third-order valence-electron chi connectivity index (χ3n) is 4.79. The minimum absolute atomic E-state index is 0.869. The molecule has 2 heterocycles. The van der Waals surface area contributed by atoms with E-state index in [1.807, 2.05) is 24.3 Å². The fraction of sp³-hybridized carbons (Fsp3) is 0.0870. The number of furan rings is 1. The van der Waals surface area contributed by atoms with Crippen LogP contribution in [0.25, 0.3) is 44.1 Å². The van der Waals surface area contributed by atoms with Crippen LogP contribution in [0.2, 0.25) is 0 Å². The van der Waals surface area contributed by atoms with Gasteiger partial charge >= 0.3 is 0 Å². The van der Waals surface area contributed by atoms with Crippen LogP contribution >= 0.6 is 0 Å². The maximum absolute atomic E-state index is 6.37. The number of para-hydroxylation sites is 1. The van der Waals surface area contributed by atoms with E-state index in [9.17, 15) is 0 Å². The molecule has 0 aliphatic rings. The van der Waals surface area contributed by atoms with Crippen LogP contribution < -0.4 is 0 Å². The molecule has 0 aliphatic heterocycles. The molecule has 0 unspecified atom stereocenters. The summed E-state index contributed by atoms with van der Waals surface area (Å²) < 4.78 is 6.37. The van der Waals surface area contributed by atoms with Gasteiger partial charge in [-0.05, 0) is 37.1 Å². The van der Waals surface area contributed by atoms with Crippen LogP contribution in [0.15, 0.2) is 71.1 Å². The zero-order chi connectivity index (χ0) is 17.0. The molecule has 25 heavy (non-hydrogen) atoms. The number of hydrogen-bond acceptors (Lipinski definition) is 2. The molecule has 2 heteroatoms. The van der Waals surface area contributed by atoms with Crippen molar-refractivity contribution < 1.29 is 4.42 Å². The lowest BCUT2D eigenvalue weighted by molar-refractivity contribution is 0.665. The molecule has 0 saturated heterocycles. The monoisotopic (exact) mass is 323 g/mol. The van der Waals surface area contributed by atoms with Crippen molar-refractivity contribution in [3.05, 3.63) is 77.9 Å². The van der Waals surface area contributed by atoms with Gasteiger partial charge in [0.05, 0.1) is 5.52 Å². The summed E-state index contributed by atoms with van der Waals surface area (Å²) in [7, 11) is 0. The van der Waals surface area contributed by atoms with Crippen molar-refractivity contribution in [2.24, 2.45) is 0 Å². The van der Waals surface area contributed by atoms with E-state index >= 15 is 0 Å². The maximum atomic E-state index is 6.37. The lowest BCUT2D eigenvalue weighted by atomic mass is 10.0. The van der Waals surface area contributed by atoms with Crippen LogP contribution in [0.1, 0.15) is 11.1 Å². The quantitative estimate of drug-likeness (QED) is 0.356. The Morgan fingerprint density at radius 3 is 2.36 bits per heavy atom. The summed E-state index contributed by atoms with van der Waals surface area (Å²) in [6, 6.07) is 23.0. The average Bonchev–Trinajstić information content (AvgIpc) is 3.02. The molecule has 5 rings (SSSR count). The van der Waals surface area contributed by atoms with Crippen molar-refractivity contribution in [1.82, 2.24) is 4.98 Å². The van der Waals surface area contributed by atoms with Gasteiger partial charge in [-0.15, -0.1) is 0 Å². The molecule has 0 aliphatic carbocycles. The first-order valence-corrected chi connectivity index (χ1v) is 8.50. The Hall–Kier alpha value is -3.13. The van der Waals surface area contributed by atoms with Crippen molar-refractivity contribution in [3.63, 3.8) is 0 Å². The van der Waals surface area contributed by atoms with E-state index in [-0.39, 0.29) is 0 Å². The first-order chi connectivity index (χ1) is 12.2. The van der Waals surface area contributed by atoms with Crippen LogP contribution in [-0.4, -0.2) is 4.98 Å². The molecular formula is C23H17NO. The van der Waals surface area contributed by atoms with Gasteiger partial charge in [0, 0.05) is 21.7 Å². The second kappa shape index (κ2) is 5.18. The Labute approximate surface area is 145 Å². The van der Waals surface area contributed by atoms with E-state index < -0.39 is 0 Å². The smallest absolute Gasteiger partial charge is 0.162 e. The van der Waals surface area contributed by atoms with Crippen LogP contribution in [0.4, 0.5) is 0 Å². The summed E-state index contributed by atoms with van der Waals surface area (Å²) in [5.41, 5.74) is 7.21. The summed E-state index contributed by atoms with van der Waals surface area (Å²) in [5.74, 6) is 0. The Morgan fingerprint density at radius 2 is 1.52 bits per heavy atom. The first-order valence-electron chi connectivity index (χ1n) is 8.50. The number of rotatable bonds is 1. The third kappa shape index (κ3) is 2.07. The van der Waals surface area contributed by atoms with Gasteiger partial charge in [-0.1, -0.05) is 54.6 Å². The lowest BCUT2D eigenvalue weighted by Gasteiger charge is -2.05. The number of aromatic nitrogens is 1. The van der Waals surface area contributed by atoms with Crippen molar-refractivity contribution in [2.75, 3.05) is 0 Å². The van der Waals surface area contributed by atoms with Crippen LogP contribution in [0.5, 0.6) is 0 Å². The van der Waals surface area contributed by atoms with Gasteiger partial charge in [0.25, 0.3) is 0 Å². The van der Waals surface area contributed by atoms with Crippen molar-refractivity contribution >= 4 is 32.8 Å². The van der Waals surface area contributed by atoms with Crippen molar-refractivity contribution in [2.45, 2.75) is 13.8 Å². The predicted molar refractivity (Wildman–Crippen MR) is 104 cm³/mol. The number of pyridine rings is 1. The molecule has 0 atom stereocenters. The van der Waals surface area contributed by atoms with Gasteiger partial charge in [-0.3, -0.25) is 0 Å². The van der Waals surface area contributed by atoms with Gasteiger partial charge in [-0.2, -0.15) is 0 Å². The van der Waals surface area contributed by atoms with Crippen molar-refractivity contribution in [3.8, 4) is 11.3 Å². The van der Waals surface area contributed by atoms with Gasteiger partial charge in [0.15, 0.2) is 5.58 Å². The molecule has 0 spiro atoms. The Kier molecular flexibility index (Phi) is 2.95. The van der Waals surface area contributed by atoms with E-state index in [1.165, 1.54) is 10.9 Å². The van der Waals surface area contributed by atoms with E-state index in [0.717, 1.165) is 44.3 Å². The molecule has 0 bridgehead atoms. The summed E-state index contributed by atoms with van der Waals surface area (Å²) in [6.07, 6.45) is 0. The molecular weight excluding hydrogens is 306 g/mol. The zero-order valence-electron chi connectivity index (χ0n) is 14.2. The standard InChI is InChI=1S/C23H17NO/c1-14-12-15(2)22-18(13-14)20-17-10-6-7-11-19(17)24-21(23(20)25-22)16-8-4-3-5-9-16/h3-13H,1-2H3. The molecule has 3 aromatic carbocycles. The molecule has 0 radical (unpaired) electrons. The minimum atomic E-state index is 0.869. The highest BCUT2D eigenvalue weighted by molar-refractivity contribution is 6.21. The van der Waals surface area contributed by atoms with Crippen LogP contribution in [0, 0.1) is 13.8 Å². The fourth-order valence-corrected chi connectivity index (χ4v) is 3.73. The van der Waals surface area contributed by atoms with Gasteiger partial charge in [0.2, 0.25) is 0 Å². The highest BCUT2D eigenvalue weighted by Gasteiger charge is 2.18. The Morgan fingerprint density at radius 1 is 0.760 bits per heavy atom. The Bertz CT molecular complexity index is 1250. The van der Waals surface area contributed by atoms with E-state index in [1.54, 1.807) is 0 Å². The molecule has 0 N–H and O–H groups in total. The summed E-state index contributed by atoms with van der Waals surface area (Å²) in [5, 5.41) is 3.47. The topological polar surface area (TPSA) is 26.0 Å². The number of hydrogen-bond donors (Lipinski definition) is 0. The molecule has 120 valence electrons. The van der Waals surface area contributed by atoms with E-state index in [0.29, 0.717) is 0 Å². The number of aryl methyl sites for hydroxylation is 2. The predicted octanol–water partition coefficient (Wildman–Crippen LogP) is 6.42. The lowest BCUT2D eigenvalue weighted by Crippen LogP contribution is -1.87. The highest BCUT2D eigenvalue weighted by atomic mass is 16.3. The fourth-order valence-electron chi connectivity index (χ4n) is 3.73. The van der Waals surface area contributed by atoms with Gasteiger partial charge in [-0.25, -0.2) is 4.98 Å². The zero-order valence-corrected chi connectivity index (χ0v) is 14.2. The van der Waals surface area contributed by atoms with E-state index in [2.05, 4.69) is 56.3 Å². The second-order valence-electron chi connectivity index (χ2n) is 6.61. The molecule has 0 amide bonds. The summed E-state index contributed by atoms with van der Waals surface area (Å²) >= 11 is 0. The largest absolute Gasteiger partial charge is 0.453 e. The average molecular weight is 323 g/mol. The molecule has 5 aromatic rings. The number of fused-ring (bicyclic) bond motifs is 5. The first kappa shape index (κ1) is 14.2. The molecule has 0 fully saturated rings. The second-order valence-corrected chi connectivity index (χ2v) is 6.61. The summed E-state index contributed by atoms with van der Waals surface area (Å²) in [4.78, 5) is 4.93. The van der Waals surface area contributed by atoms with Gasteiger partial charge in [0.1, 0.15) is 11.3 Å². The molecule has 0 saturated carbocycles. The Balaban J connectivity index is 2.06. The van der Waals surface area contributed by atoms with Crippen molar-refractivity contribution in [1.29, 1.82) is 0 Å². The van der Waals surface area contributed by atoms with Crippen LogP contribution in [-0.2, 0) is 0 Å². The maximum Gasteiger partial charge on any atom is 0.162 e. The minimum Gasteiger partial charge on any atom is -0.453 e. The molecule has 2 aromatic heterocycles. The summed E-state index contributed by atoms with van der Waals surface area (Å²) in [6.45, 7) is 4.24.